The van der Waals surface area contributed by atoms with Crippen molar-refractivity contribution in [1.82, 2.24) is 4.98 Å². The minimum atomic E-state index is -0.237. The molecule has 0 fully saturated rings. The van der Waals surface area contributed by atoms with E-state index in [0.29, 0.717) is 39.1 Å². The van der Waals surface area contributed by atoms with Gasteiger partial charge in [-0.05, 0) is 53.9 Å². The van der Waals surface area contributed by atoms with Crippen molar-refractivity contribution in [2.24, 2.45) is 0 Å². The van der Waals surface area contributed by atoms with E-state index in [2.05, 4.69) is 5.32 Å². The van der Waals surface area contributed by atoms with Gasteiger partial charge in [0.05, 0.1) is 17.7 Å². The van der Waals surface area contributed by atoms with Crippen LogP contribution in [0.3, 0.4) is 0 Å². The van der Waals surface area contributed by atoms with Crippen LogP contribution in [0.15, 0.2) is 83.3 Å². The Hall–Kier alpha value is -3.83. The lowest BCUT2D eigenvalue weighted by molar-refractivity contribution is 0.102. The van der Waals surface area contributed by atoms with Gasteiger partial charge in [0.25, 0.3) is 5.91 Å². The predicted octanol–water partition coefficient (Wildman–Crippen LogP) is 6.56. The maximum atomic E-state index is 12.6. The summed E-state index contributed by atoms with van der Waals surface area (Å²) in [6.45, 7) is 0. The molecule has 0 bridgehead atoms. The molecule has 6 heteroatoms. The van der Waals surface area contributed by atoms with Crippen LogP contribution in [0.4, 0.5) is 5.69 Å². The topological polar surface area (TPSA) is 64.4 Å². The van der Waals surface area contributed by atoms with Gasteiger partial charge in [0.15, 0.2) is 5.58 Å². The van der Waals surface area contributed by atoms with E-state index in [4.69, 9.17) is 25.7 Å². The van der Waals surface area contributed by atoms with Crippen LogP contribution in [-0.4, -0.2) is 18.0 Å². The fourth-order valence-corrected chi connectivity index (χ4v) is 3.69. The lowest BCUT2D eigenvalue weighted by Crippen LogP contribution is -2.11. The van der Waals surface area contributed by atoms with E-state index in [1.807, 2.05) is 36.4 Å². The molecule has 1 aromatic heterocycles. The van der Waals surface area contributed by atoms with E-state index in [1.54, 1.807) is 49.6 Å². The highest BCUT2D eigenvalue weighted by molar-refractivity contribution is 6.33. The number of amides is 1. The van der Waals surface area contributed by atoms with Gasteiger partial charge in [-0.3, -0.25) is 4.79 Å². The largest absolute Gasteiger partial charge is 0.497 e. The van der Waals surface area contributed by atoms with Crippen molar-refractivity contribution >= 4 is 45.1 Å². The van der Waals surface area contributed by atoms with Crippen molar-refractivity contribution in [3.8, 4) is 17.2 Å². The first-order valence-electron chi connectivity index (χ1n) is 9.66. The average Bonchev–Trinajstić information content (AvgIpc) is 3.25. The zero-order chi connectivity index (χ0) is 21.4. The van der Waals surface area contributed by atoms with E-state index in [0.717, 1.165) is 16.3 Å². The van der Waals surface area contributed by atoms with Crippen molar-refractivity contribution in [3.05, 3.63) is 89.4 Å². The second kappa shape index (κ2) is 7.78. The van der Waals surface area contributed by atoms with Crippen LogP contribution in [0.25, 0.3) is 33.3 Å². The van der Waals surface area contributed by atoms with E-state index < -0.39 is 0 Å². The fraction of sp³-hybridized carbons (Fsp3) is 0.0400. The normalized spacial score (nSPS) is 11.0. The number of nitrogens with one attached hydrogen (secondary N) is 1. The predicted molar refractivity (Wildman–Crippen MR) is 123 cm³/mol. The van der Waals surface area contributed by atoms with Crippen molar-refractivity contribution < 1.29 is 13.9 Å². The monoisotopic (exact) mass is 428 g/mol. The molecule has 0 aliphatic carbocycles. The summed E-state index contributed by atoms with van der Waals surface area (Å²) in [5.41, 5.74) is 3.17. The van der Waals surface area contributed by atoms with E-state index in [-0.39, 0.29) is 5.91 Å². The molecule has 152 valence electrons. The number of carbonyl (C=O) groups is 1. The van der Waals surface area contributed by atoms with Gasteiger partial charge in [0.2, 0.25) is 5.89 Å². The van der Waals surface area contributed by atoms with Gasteiger partial charge in [-0.25, -0.2) is 4.98 Å². The molecule has 0 saturated carbocycles. The Morgan fingerprint density at radius 2 is 1.81 bits per heavy atom. The molecule has 4 aromatic carbocycles. The Labute approximate surface area is 183 Å². The van der Waals surface area contributed by atoms with Crippen LogP contribution in [0, 0.1) is 0 Å². The number of hydrogen-bond acceptors (Lipinski definition) is 4. The van der Waals surface area contributed by atoms with E-state index in [9.17, 15) is 4.79 Å². The molecule has 1 amide bonds. The maximum Gasteiger partial charge on any atom is 0.255 e. The minimum absolute atomic E-state index is 0.237. The lowest BCUT2D eigenvalue weighted by atomic mass is 10.1. The summed E-state index contributed by atoms with van der Waals surface area (Å²) in [7, 11) is 1.58. The number of ether oxygens (including phenoxy) is 1. The Bertz CT molecular complexity index is 1420. The van der Waals surface area contributed by atoms with E-state index in [1.165, 1.54) is 0 Å². The van der Waals surface area contributed by atoms with Gasteiger partial charge < -0.3 is 14.5 Å². The molecule has 5 rings (SSSR count). The minimum Gasteiger partial charge on any atom is -0.497 e. The number of hydrogen-bond donors (Lipinski definition) is 1. The smallest absolute Gasteiger partial charge is 0.255 e. The van der Waals surface area contributed by atoms with Crippen LogP contribution in [0.2, 0.25) is 5.02 Å². The summed E-state index contributed by atoms with van der Waals surface area (Å²) in [6, 6.07) is 24.0. The molecule has 0 saturated heterocycles. The van der Waals surface area contributed by atoms with Gasteiger partial charge in [-0.2, -0.15) is 0 Å². The average molecular weight is 429 g/mol. The van der Waals surface area contributed by atoms with E-state index >= 15 is 0 Å². The zero-order valence-electron chi connectivity index (χ0n) is 16.6. The third kappa shape index (κ3) is 3.60. The molecule has 0 atom stereocenters. The highest BCUT2D eigenvalue weighted by Gasteiger charge is 2.15. The standard InChI is InChI=1S/C25H17ClN2O3/c1-30-18-10-6-16(7-11-18)24(29)27-17-9-12-21(26)20(14-17)25-28-23-19-5-3-2-4-15(19)8-13-22(23)31-25/h2-14H,1H3,(H,27,29). The molecule has 0 radical (unpaired) electrons. The van der Waals surface area contributed by atoms with Gasteiger partial charge in [-0.15, -0.1) is 0 Å². The molecular formula is C25H17ClN2O3. The SMILES string of the molecule is COc1ccc(C(=O)Nc2ccc(Cl)c(-c3nc4c(ccc5ccccc54)o3)c2)cc1. The van der Waals surface area contributed by atoms with Crippen LogP contribution in [0.5, 0.6) is 5.75 Å². The molecule has 1 heterocycles. The maximum absolute atomic E-state index is 12.6. The van der Waals surface area contributed by atoms with Crippen molar-refractivity contribution in [1.29, 1.82) is 0 Å². The van der Waals surface area contributed by atoms with Crippen molar-refractivity contribution in [2.75, 3.05) is 12.4 Å². The summed E-state index contributed by atoms with van der Waals surface area (Å²) in [5.74, 6) is 0.852. The number of benzene rings is 4. The number of rotatable bonds is 4. The molecule has 5 aromatic rings. The highest BCUT2D eigenvalue weighted by Crippen LogP contribution is 2.34. The van der Waals surface area contributed by atoms with Gasteiger partial charge >= 0.3 is 0 Å². The molecule has 1 N–H and O–H groups in total. The second-order valence-electron chi connectivity index (χ2n) is 7.03. The summed E-state index contributed by atoms with van der Waals surface area (Å²) >= 11 is 6.44. The van der Waals surface area contributed by atoms with Crippen LogP contribution in [-0.2, 0) is 0 Å². The third-order valence-corrected chi connectivity index (χ3v) is 5.42. The Morgan fingerprint density at radius 1 is 1.00 bits per heavy atom. The van der Waals surface area contributed by atoms with Crippen LogP contribution < -0.4 is 10.1 Å². The quantitative estimate of drug-likeness (QED) is 0.352. The number of fused-ring (bicyclic) bond motifs is 3. The number of aromatic nitrogens is 1. The number of methoxy groups -OCH3 is 1. The molecule has 0 aliphatic heterocycles. The first kappa shape index (κ1) is 19.2. The molecule has 0 spiro atoms. The van der Waals surface area contributed by atoms with Gasteiger partial charge in [0, 0.05) is 16.6 Å². The number of nitrogens with zero attached hydrogens (tertiary/aromatic N) is 1. The molecule has 31 heavy (non-hydrogen) atoms. The Balaban J connectivity index is 1.49. The zero-order valence-corrected chi connectivity index (χ0v) is 17.3. The van der Waals surface area contributed by atoms with Crippen LogP contribution >= 0.6 is 11.6 Å². The lowest BCUT2D eigenvalue weighted by Gasteiger charge is -2.08. The number of carbonyl (C=O) groups excluding carboxylic acids is 1. The highest BCUT2D eigenvalue weighted by atomic mass is 35.5. The van der Waals surface area contributed by atoms with Gasteiger partial charge in [-0.1, -0.05) is 41.9 Å². The van der Waals surface area contributed by atoms with Crippen LogP contribution in [0.1, 0.15) is 10.4 Å². The summed E-state index contributed by atoms with van der Waals surface area (Å²) in [4.78, 5) is 17.3. The number of halogens is 1. The molecular weight excluding hydrogens is 412 g/mol. The van der Waals surface area contributed by atoms with Gasteiger partial charge in [0.1, 0.15) is 11.3 Å². The molecule has 0 unspecified atom stereocenters. The first-order chi connectivity index (χ1) is 15.1. The molecule has 0 aliphatic rings. The fourth-order valence-electron chi connectivity index (χ4n) is 3.49. The Kier molecular flexibility index (Phi) is 4.81. The second-order valence-corrected chi connectivity index (χ2v) is 7.44. The summed E-state index contributed by atoms with van der Waals surface area (Å²) in [6.07, 6.45) is 0. The third-order valence-electron chi connectivity index (χ3n) is 5.09. The molecule has 5 nitrogen and oxygen atoms in total. The first-order valence-corrected chi connectivity index (χ1v) is 10.0. The van der Waals surface area contributed by atoms with Crippen molar-refractivity contribution in [2.45, 2.75) is 0 Å². The summed E-state index contributed by atoms with van der Waals surface area (Å²) < 4.78 is 11.1. The number of anilines is 1. The Morgan fingerprint density at radius 3 is 2.61 bits per heavy atom. The summed E-state index contributed by atoms with van der Waals surface area (Å²) in [5, 5.41) is 5.47. The van der Waals surface area contributed by atoms with Crippen molar-refractivity contribution in [3.63, 3.8) is 0 Å². The number of oxazole rings is 1.